The average Bonchev–Trinajstić information content (AvgIpc) is 3.38. The second kappa shape index (κ2) is 10.3. The minimum atomic E-state index is -1.30. The molecule has 0 aromatic carbocycles. The van der Waals surface area contributed by atoms with Gasteiger partial charge in [0, 0.05) is 20.2 Å². The molecule has 32 heavy (non-hydrogen) atoms. The molecule has 174 valence electrons. The second-order valence-electron chi connectivity index (χ2n) is 7.00. The van der Waals surface area contributed by atoms with E-state index in [4.69, 9.17) is 21.1 Å². The Balaban J connectivity index is 1.72. The number of piperidine rings is 1. The Morgan fingerprint density at radius 1 is 1.34 bits per heavy atom. The molecule has 1 amide bonds. The first kappa shape index (κ1) is 24.0. The Morgan fingerprint density at radius 2 is 2.09 bits per heavy atom. The molecular weight excluding hydrogens is 462 g/mol. The maximum absolute atomic E-state index is 12.6. The van der Waals surface area contributed by atoms with Gasteiger partial charge in [-0.25, -0.2) is 19.6 Å². The topological polar surface area (TPSA) is 147 Å². The van der Waals surface area contributed by atoms with E-state index in [0.717, 1.165) is 11.3 Å². The van der Waals surface area contributed by atoms with Gasteiger partial charge in [0.05, 0.1) is 24.4 Å². The number of aromatic nitrogens is 3. The van der Waals surface area contributed by atoms with Gasteiger partial charge in [0.1, 0.15) is 4.88 Å². The number of thiazole rings is 1. The summed E-state index contributed by atoms with van der Waals surface area (Å²) in [7, 11) is 1.53. The number of aryl methyl sites for hydroxylation is 1. The van der Waals surface area contributed by atoms with Crippen molar-refractivity contribution in [2.45, 2.75) is 38.8 Å². The van der Waals surface area contributed by atoms with Gasteiger partial charge in [-0.3, -0.25) is 4.79 Å². The minimum Gasteiger partial charge on any atom is -0.476 e. The fourth-order valence-electron chi connectivity index (χ4n) is 3.38. The molecule has 3 heterocycles. The lowest BCUT2D eigenvalue weighted by atomic mass is 10.0. The quantitative estimate of drug-likeness (QED) is 0.477. The van der Waals surface area contributed by atoms with Crippen LogP contribution in [0.1, 0.15) is 56.7 Å². The molecule has 13 heteroatoms. The molecule has 0 bridgehead atoms. The van der Waals surface area contributed by atoms with E-state index in [-0.39, 0.29) is 40.1 Å². The molecule has 2 unspecified atom stereocenters. The minimum absolute atomic E-state index is 0.0554. The number of carboxylic acids is 1. The highest BCUT2D eigenvalue weighted by atomic mass is 35.5. The molecule has 1 aliphatic heterocycles. The molecule has 11 nitrogen and oxygen atoms in total. The maximum atomic E-state index is 12.6. The number of methoxy groups -OCH3 is 1. The molecule has 2 atom stereocenters. The number of nitrogens with one attached hydrogen (secondary N) is 2. The largest absolute Gasteiger partial charge is 0.476 e. The van der Waals surface area contributed by atoms with Gasteiger partial charge in [0.15, 0.2) is 21.8 Å². The van der Waals surface area contributed by atoms with Crippen LogP contribution in [0, 0.1) is 0 Å². The van der Waals surface area contributed by atoms with Crippen molar-refractivity contribution < 1.29 is 29.0 Å². The summed E-state index contributed by atoms with van der Waals surface area (Å²) < 4.78 is 10.5. The standard InChI is InChI=1S/C19H24ClN5O6S/c1-4-9-14(20)24-15(21-9)16(26)22-10-6-7-25(8-11(10)30-3)19-23-12(17(27)28)13(32-19)18(29)31-5-2/h10-11H,4-8H2,1-3H3,(H,21,24)(H,22,26)(H,27,28). The number of ether oxygens (including phenoxy) is 2. The van der Waals surface area contributed by atoms with Crippen molar-refractivity contribution in [1.82, 2.24) is 20.3 Å². The van der Waals surface area contributed by atoms with E-state index in [1.54, 1.807) is 6.92 Å². The van der Waals surface area contributed by atoms with Crippen LogP contribution in [-0.2, 0) is 15.9 Å². The third kappa shape index (κ3) is 5.03. The molecule has 3 N–H and O–H groups in total. The molecule has 0 saturated carbocycles. The fourth-order valence-corrected chi connectivity index (χ4v) is 4.64. The van der Waals surface area contributed by atoms with Gasteiger partial charge >= 0.3 is 11.9 Å². The van der Waals surface area contributed by atoms with E-state index in [0.29, 0.717) is 36.8 Å². The van der Waals surface area contributed by atoms with E-state index in [1.165, 1.54) is 7.11 Å². The van der Waals surface area contributed by atoms with Crippen LogP contribution in [0.4, 0.5) is 5.13 Å². The Bertz CT molecular complexity index is 1010. The second-order valence-corrected chi connectivity index (χ2v) is 8.33. The van der Waals surface area contributed by atoms with Crippen LogP contribution < -0.4 is 10.2 Å². The van der Waals surface area contributed by atoms with Gasteiger partial charge in [-0.15, -0.1) is 0 Å². The number of aromatic amines is 1. The zero-order chi connectivity index (χ0) is 23.4. The number of rotatable bonds is 8. The molecule has 1 fully saturated rings. The first-order chi connectivity index (χ1) is 15.3. The summed E-state index contributed by atoms with van der Waals surface area (Å²) in [6.07, 6.45) is 0.737. The number of hydrogen-bond acceptors (Lipinski definition) is 9. The van der Waals surface area contributed by atoms with E-state index >= 15 is 0 Å². The number of anilines is 1. The number of H-pyrrole nitrogens is 1. The van der Waals surface area contributed by atoms with Gasteiger partial charge in [-0.2, -0.15) is 0 Å². The van der Waals surface area contributed by atoms with Crippen LogP contribution in [0.15, 0.2) is 0 Å². The van der Waals surface area contributed by atoms with E-state index in [1.807, 2.05) is 11.8 Å². The zero-order valence-corrected chi connectivity index (χ0v) is 19.4. The molecule has 2 aromatic heterocycles. The molecule has 0 aliphatic carbocycles. The highest BCUT2D eigenvalue weighted by Crippen LogP contribution is 2.30. The van der Waals surface area contributed by atoms with E-state index < -0.39 is 18.0 Å². The van der Waals surface area contributed by atoms with Crippen molar-refractivity contribution >= 4 is 45.9 Å². The lowest BCUT2D eigenvalue weighted by Gasteiger charge is -2.37. The first-order valence-electron chi connectivity index (χ1n) is 10.0. The smallest absolute Gasteiger partial charge is 0.356 e. The zero-order valence-electron chi connectivity index (χ0n) is 17.8. The van der Waals surface area contributed by atoms with Gasteiger partial charge in [0.25, 0.3) is 5.91 Å². The predicted octanol–water partition coefficient (Wildman–Crippen LogP) is 1.98. The van der Waals surface area contributed by atoms with Crippen LogP contribution in [0.5, 0.6) is 0 Å². The number of hydrogen-bond donors (Lipinski definition) is 3. The van der Waals surface area contributed by atoms with Crippen molar-refractivity contribution in [2.24, 2.45) is 0 Å². The summed E-state index contributed by atoms with van der Waals surface area (Å²) in [5.41, 5.74) is 0.347. The van der Waals surface area contributed by atoms with Crippen LogP contribution in [0.2, 0.25) is 5.15 Å². The average molecular weight is 486 g/mol. The third-order valence-corrected chi connectivity index (χ3v) is 6.43. The molecular formula is C19H24ClN5O6S. The Morgan fingerprint density at radius 3 is 2.69 bits per heavy atom. The highest BCUT2D eigenvalue weighted by molar-refractivity contribution is 7.17. The lowest BCUT2D eigenvalue weighted by Crippen LogP contribution is -2.55. The summed E-state index contributed by atoms with van der Waals surface area (Å²) in [6.45, 7) is 4.48. The van der Waals surface area contributed by atoms with Crippen molar-refractivity contribution in [3.63, 3.8) is 0 Å². The molecule has 0 spiro atoms. The van der Waals surface area contributed by atoms with E-state index in [2.05, 4.69) is 20.3 Å². The van der Waals surface area contributed by atoms with Crippen LogP contribution in [0.3, 0.4) is 0 Å². The number of nitrogens with zero attached hydrogens (tertiary/aromatic N) is 3. The Kier molecular flexibility index (Phi) is 7.69. The molecule has 0 radical (unpaired) electrons. The van der Waals surface area contributed by atoms with Crippen LogP contribution >= 0.6 is 22.9 Å². The van der Waals surface area contributed by atoms with Crippen molar-refractivity contribution in [1.29, 1.82) is 0 Å². The number of carboxylic acid groups (broad SMARTS) is 1. The maximum Gasteiger partial charge on any atom is 0.356 e. The van der Waals surface area contributed by atoms with E-state index in [9.17, 15) is 19.5 Å². The van der Waals surface area contributed by atoms with Gasteiger partial charge in [0.2, 0.25) is 0 Å². The summed E-state index contributed by atoms with van der Waals surface area (Å²) >= 11 is 6.98. The summed E-state index contributed by atoms with van der Waals surface area (Å²) in [4.78, 5) is 49.1. The normalized spacial score (nSPS) is 18.4. The monoisotopic (exact) mass is 485 g/mol. The third-order valence-electron chi connectivity index (χ3n) is 5.03. The van der Waals surface area contributed by atoms with Crippen molar-refractivity contribution in [3.05, 3.63) is 27.2 Å². The molecule has 1 saturated heterocycles. The van der Waals surface area contributed by atoms with Crippen LogP contribution in [0.25, 0.3) is 0 Å². The highest BCUT2D eigenvalue weighted by Gasteiger charge is 2.34. The number of carbonyl (C=O) groups is 3. The molecule has 2 aromatic rings. The number of halogens is 1. The number of imidazole rings is 1. The van der Waals surface area contributed by atoms with Crippen molar-refractivity contribution in [3.8, 4) is 0 Å². The Hall–Kier alpha value is -2.70. The first-order valence-corrected chi connectivity index (χ1v) is 11.2. The fraction of sp³-hybridized carbons (Fsp3) is 0.526. The number of aromatic carboxylic acids is 1. The van der Waals surface area contributed by atoms with Crippen LogP contribution in [-0.4, -0.2) is 76.9 Å². The van der Waals surface area contributed by atoms with Crippen molar-refractivity contribution in [2.75, 3.05) is 31.7 Å². The SMILES string of the molecule is CCOC(=O)c1sc(N2CCC(NC(=O)c3nc(Cl)c(CC)[nH]3)C(OC)C2)nc1C(=O)O. The number of esters is 1. The summed E-state index contributed by atoms with van der Waals surface area (Å²) in [6, 6.07) is -0.305. The predicted molar refractivity (Wildman–Crippen MR) is 117 cm³/mol. The summed E-state index contributed by atoms with van der Waals surface area (Å²) in [5, 5.41) is 13.0. The lowest BCUT2D eigenvalue weighted by molar-refractivity contribution is 0.0519. The Labute approximate surface area is 193 Å². The van der Waals surface area contributed by atoms with Gasteiger partial charge < -0.3 is 29.8 Å². The summed E-state index contributed by atoms with van der Waals surface area (Å²) in [5.74, 6) is -2.28. The number of carbonyl (C=O) groups excluding carboxylic acids is 2. The molecule has 1 aliphatic rings. The molecule has 3 rings (SSSR count). The number of amides is 1. The van der Waals surface area contributed by atoms with Gasteiger partial charge in [-0.1, -0.05) is 29.9 Å². The van der Waals surface area contributed by atoms with Gasteiger partial charge in [-0.05, 0) is 19.8 Å².